The highest BCUT2D eigenvalue weighted by molar-refractivity contribution is 6.33. The fourth-order valence-electron chi connectivity index (χ4n) is 3.87. The van der Waals surface area contributed by atoms with Gasteiger partial charge in [-0.15, -0.1) is 0 Å². The van der Waals surface area contributed by atoms with Crippen molar-refractivity contribution in [3.8, 4) is 0 Å². The third-order valence-corrected chi connectivity index (χ3v) is 5.74. The third-order valence-electron chi connectivity index (χ3n) is 5.48. The Labute approximate surface area is 186 Å². The fraction of sp³-hybridized carbons (Fsp3) is 0.261. The molecule has 2 heterocycles. The van der Waals surface area contributed by atoms with E-state index in [1.54, 1.807) is 28.8 Å². The lowest BCUT2D eigenvalue weighted by molar-refractivity contribution is 0.0931. The summed E-state index contributed by atoms with van der Waals surface area (Å²) >= 11 is 6.43. The smallest absolute Gasteiger partial charge is 0.258 e. The van der Waals surface area contributed by atoms with E-state index in [-0.39, 0.29) is 23.0 Å². The van der Waals surface area contributed by atoms with Gasteiger partial charge in [-0.25, -0.2) is 0 Å². The molecule has 160 valence electrons. The fourth-order valence-corrected chi connectivity index (χ4v) is 4.18. The average Bonchev–Trinajstić information content (AvgIpc) is 3.08. The van der Waals surface area contributed by atoms with Crippen molar-refractivity contribution < 1.29 is 9.59 Å². The number of amides is 2. The van der Waals surface area contributed by atoms with Crippen molar-refractivity contribution in [1.82, 2.24) is 15.1 Å². The van der Waals surface area contributed by atoms with Gasteiger partial charge in [0.15, 0.2) is 5.15 Å². The first-order valence-electron chi connectivity index (χ1n) is 10.0. The number of aryl methyl sites for hydroxylation is 1. The minimum atomic E-state index is -0.298. The van der Waals surface area contributed by atoms with Crippen LogP contribution in [0.3, 0.4) is 0 Å². The third kappa shape index (κ3) is 4.01. The van der Waals surface area contributed by atoms with Crippen LogP contribution in [0, 0.1) is 0 Å². The SMILES string of the molecule is CN(C)c1ccc(C(=O)N2CCC(NC(=O)c3ccccc3)c3c2c(Cl)nn3C)cc1. The molecule has 1 aliphatic heterocycles. The van der Waals surface area contributed by atoms with E-state index >= 15 is 0 Å². The number of fused-ring (bicyclic) bond motifs is 1. The summed E-state index contributed by atoms with van der Waals surface area (Å²) in [6, 6.07) is 16.2. The summed E-state index contributed by atoms with van der Waals surface area (Å²) in [6.45, 7) is 0.423. The van der Waals surface area contributed by atoms with E-state index in [0.717, 1.165) is 11.4 Å². The van der Waals surface area contributed by atoms with Gasteiger partial charge in [0.25, 0.3) is 11.8 Å². The molecule has 1 aliphatic rings. The Morgan fingerprint density at radius 2 is 1.74 bits per heavy atom. The van der Waals surface area contributed by atoms with Crippen molar-refractivity contribution in [2.24, 2.45) is 7.05 Å². The van der Waals surface area contributed by atoms with E-state index in [0.29, 0.717) is 29.8 Å². The summed E-state index contributed by atoms with van der Waals surface area (Å²) < 4.78 is 1.64. The topological polar surface area (TPSA) is 70.5 Å². The molecule has 0 spiro atoms. The summed E-state index contributed by atoms with van der Waals surface area (Å²) in [7, 11) is 5.67. The van der Waals surface area contributed by atoms with Crippen molar-refractivity contribution >= 4 is 34.8 Å². The van der Waals surface area contributed by atoms with Crippen LogP contribution in [0.25, 0.3) is 0 Å². The largest absolute Gasteiger partial charge is 0.378 e. The van der Waals surface area contributed by atoms with E-state index in [1.807, 2.05) is 61.5 Å². The second kappa shape index (κ2) is 8.43. The van der Waals surface area contributed by atoms with Gasteiger partial charge >= 0.3 is 0 Å². The number of nitrogens with zero attached hydrogens (tertiary/aromatic N) is 4. The molecular weight excluding hydrogens is 414 g/mol. The van der Waals surface area contributed by atoms with Gasteiger partial charge in [0, 0.05) is 44.5 Å². The van der Waals surface area contributed by atoms with Crippen LogP contribution in [0.2, 0.25) is 5.15 Å². The maximum Gasteiger partial charge on any atom is 0.258 e. The van der Waals surface area contributed by atoms with Gasteiger partial charge in [-0.2, -0.15) is 5.10 Å². The summed E-state index contributed by atoms with van der Waals surface area (Å²) in [4.78, 5) is 29.6. The highest BCUT2D eigenvalue weighted by Crippen LogP contribution is 2.39. The molecule has 1 N–H and O–H groups in total. The first-order valence-corrected chi connectivity index (χ1v) is 10.4. The lowest BCUT2D eigenvalue weighted by Gasteiger charge is -2.33. The lowest BCUT2D eigenvalue weighted by atomic mass is 10.0. The van der Waals surface area contributed by atoms with Crippen LogP contribution in [0.15, 0.2) is 54.6 Å². The van der Waals surface area contributed by atoms with Crippen LogP contribution in [0.4, 0.5) is 11.4 Å². The van der Waals surface area contributed by atoms with Crippen LogP contribution in [-0.4, -0.2) is 42.2 Å². The Balaban J connectivity index is 1.62. The van der Waals surface area contributed by atoms with E-state index < -0.39 is 0 Å². The average molecular weight is 438 g/mol. The lowest BCUT2D eigenvalue weighted by Crippen LogP contribution is -2.41. The van der Waals surface area contributed by atoms with Crippen LogP contribution in [0.5, 0.6) is 0 Å². The summed E-state index contributed by atoms with van der Waals surface area (Å²) in [5, 5.41) is 7.62. The molecule has 7 nitrogen and oxygen atoms in total. The number of nitrogens with one attached hydrogen (secondary N) is 1. The number of carbonyl (C=O) groups excluding carboxylic acids is 2. The predicted molar refractivity (Wildman–Crippen MR) is 122 cm³/mol. The van der Waals surface area contributed by atoms with E-state index in [1.165, 1.54) is 0 Å². The zero-order valence-electron chi connectivity index (χ0n) is 17.7. The standard InChI is InChI=1S/C23H24ClN5O2/c1-27(2)17-11-9-16(10-12-17)23(31)29-14-13-18(19-20(29)21(24)26-28(19)3)25-22(30)15-7-5-4-6-8-15/h4-12,18H,13-14H2,1-3H3,(H,25,30). The Kier molecular flexibility index (Phi) is 5.69. The van der Waals surface area contributed by atoms with E-state index in [2.05, 4.69) is 10.4 Å². The molecule has 8 heteroatoms. The number of carbonyl (C=O) groups is 2. The van der Waals surface area contributed by atoms with Crippen LogP contribution < -0.4 is 15.1 Å². The number of anilines is 2. The number of rotatable bonds is 4. The predicted octanol–water partition coefficient (Wildman–Crippen LogP) is 3.66. The van der Waals surface area contributed by atoms with Crippen LogP contribution >= 0.6 is 11.6 Å². The van der Waals surface area contributed by atoms with Crippen LogP contribution in [-0.2, 0) is 7.05 Å². The van der Waals surface area contributed by atoms with Gasteiger partial charge in [-0.3, -0.25) is 14.3 Å². The minimum Gasteiger partial charge on any atom is -0.378 e. The number of benzene rings is 2. The second-order valence-corrected chi connectivity index (χ2v) is 8.09. The molecule has 2 aromatic carbocycles. The van der Waals surface area contributed by atoms with Gasteiger partial charge in [-0.05, 0) is 42.8 Å². The molecule has 0 aliphatic carbocycles. The highest BCUT2D eigenvalue weighted by Gasteiger charge is 2.35. The quantitative estimate of drug-likeness (QED) is 0.676. The van der Waals surface area contributed by atoms with Crippen LogP contribution in [0.1, 0.15) is 38.9 Å². The Bertz CT molecular complexity index is 1110. The Hall–Kier alpha value is -3.32. The van der Waals surface area contributed by atoms with Crippen molar-refractivity contribution in [1.29, 1.82) is 0 Å². The molecule has 0 bridgehead atoms. The molecule has 0 saturated heterocycles. The van der Waals surface area contributed by atoms with E-state index in [4.69, 9.17) is 11.6 Å². The van der Waals surface area contributed by atoms with Gasteiger partial charge in [0.1, 0.15) is 5.69 Å². The highest BCUT2D eigenvalue weighted by atomic mass is 35.5. The molecule has 3 aromatic rings. The van der Waals surface area contributed by atoms with Gasteiger partial charge in [-0.1, -0.05) is 29.8 Å². The molecule has 31 heavy (non-hydrogen) atoms. The molecule has 1 unspecified atom stereocenters. The van der Waals surface area contributed by atoms with Crippen molar-refractivity contribution in [3.05, 3.63) is 76.6 Å². The van der Waals surface area contributed by atoms with E-state index in [9.17, 15) is 9.59 Å². The molecule has 2 amide bonds. The molecule has 0 saturated carbocycles. The monoisotopic (exact) mass is 437 g/mol. The van der Waals surface area contributed by atoms with Crippen molar-refractivity contribution in [2.75, 3.05) is 30.4 Å². The van der Waals surface area contributed by atoms with Gasteiger partial charge in [0.05, 0.1) is 11.7 Å². The molecule has 0 radical (unpaired) electrons. The number of hydrogen-bond donors (Lipinski definition) is 1. The van der Waals surface area contributed by atoms with Gasteiger partial charge < -0.3 is 15.1 Å². The first kappa shape index (κ1) is 20.9. The zero-order chi connectivity index (χ0) is 22.1. The molecule has 1 aromatic heterocycles. The number of hydrogen-bond acceptors (Lipinski definition) is 4. The number of halogens is 1. The summed E-state index contributed by atoms with van der Waals surface area (Å²) in [5.41, 5.74) is 3.44. The Morgan fingerprint density at radius 3 is 2.39 bits per heavy atom. The first-order chi connectivity index (χ1) is 14.9. The second-order valence-electron chi connectivity index (χ2n) is 7.73. The maximum atomic E-state index is 13.3. The molecule has 1 atom stereocenters. The van der Waals surface area contributed by atoms with Gasteiger partial charge in [0.2, 0.25) is 0 Å². The zero-order valence-corrected chi connectivity index (χ0v) is 18.4. The van der Waals surface area contributed by atoms with Crippen molar-refractivity contribution in [3.63, 3.8) is 0 Å². The maximum absolute atomic E-state index is 13.3. The molecule has 4 rings (SSSR count). The minimum absolute atomic E-state index is 0.144. The summed E-state index contributed by atoms with van der Waals surface area (Å²) in [6.07, 6.45) is 0.558. The summed E-state index contributed by atoms with van der Waals surface area (Å²) in [5.74, 6) is -0.317. The normalized spacial score (nSPS) is 15.4. The molecular formula is C23H24ClN5O2. The Morgan fingerprint density at radius 1 is 1.06 bits per heavy atom. The number of aromatic nitrogens is 2. The van der Waals surface area contributed by atoms with Crippen molar-refractivity contribution in [2.45, 2.75) is 12.5 Å². The molecule has 0 fully saturated rings.